The summed E-state index contributed by atoms with van der Waals surface area (Å²) in [5.41, 5.74) is 1.07. The van der Waals surface area contributed by atoms with Gasteiger partial charge in [-0.1, -0.05) is 42.5 Å². The van der Waals surface area contributed by atoms with Gasteiger partial charge in [0, 0.05) is 5.92 Å². The summed E-state index contributed by atoms with van der Waals surface area (Å²) in [6, 6.07) is 9.91. The summed E-state index contributed by atoms with van der Waals surface area (Å²) in [5.74, 6) is 1.62. The van der Waals surface area contributed by atoms with Crippen molar-refractivity contribution >= 4 is 5.78 Å². The first kappa shape index (κ1) is 12.3. The normalized spacial score (nSPS) is 38.2. The van der Waals surface area contributed by atoms with Crippen LogP contribution in [0.2, 0.25) is 0 Å². The second-order valence-electron chi connectivity index (χ2n) is 6.00. The Morgan fingerprint density at radius 1 is 1.15 bits per heavy atom. The highest BCUT2D eigenvalue weighted by Crippen LogP contribution is 2.50. The van der Waals surface area contributed by atoms with Crippen molar-refractivity contribution in [2.45, 2.75) is 19.3 Å². The highest BCUT2D eigenvalue weighted by atomic mass is 16.7. The van der Waals surface area contributed by atoms with Gasteiger partial charge < -0.3 is 9.47 Å². The van der Waals surface area contributed by atoms with Crippen molar-refractivity contribution in [1.29, 1.82) is 0 Å². The Morgan fingerprint density at radius 2 is 1.95 bits per heavy atom. The second-order valence-corrected chi connectivity index (χ2v) is 6.00. The Morgan fingerprint density at radius 3 is 2.80 bits per heavy atom. The molecule has 1 saturated heterocycles. The first-order chi connectivity index (χ1) is 9.83. The monoisotopic (exact) mass is 270 g/mol. The quantitative estimate of drug-likeness (QED) is 0.792. The Labute approximate surface area is 118 Å². The van der Waals surface area contributed by atoms with Crippen LogP contribution >= 0.6 is 0 Å². The van der Waals surface area contributed by atoms with E-state index >= 15 is 0 Å². The molecule has 2 aliphatic carbocycles. The highest BCUT2D eigenvalue weighted by molar-refractivity contribution is 5.86. The standard InChI is InChI=1S/C17H18O3/c18-16-15-13-7-6-12(8-13)14(15)10-20-17(16)19-9-11-4-2-1-3-5-11/h1-7,12-15,17H,8-10H2/t12-,13+,14+,15-,17-/m1/s1. The van der Waals surface area contributed by atoms with E-state index in [-0.39, 0.29) is 11.7 Å². The molecule has 2 fully saturated rings. The number of allylic oxidation sites excluding steroid dienone is 2. The van der Waals surface area contributed by atoms with E-state index in [1.54, 1.807) is 0 Å². The number of hydrogen-bond acceptors (Lipinski definition) is 3. The number of carbonyl (C=O) groups is 1. The SMILES string of the molecule is O=C1[C@H](OCc2ccccc2)OC[C@@H]2[C@H]1[C@H]1C=C[C@@H]2C1. The van der Waals surface area contributed by atoms with E-state index in [0.29, 0.717) is 31.0 Å². The molecule has 0 aromatic heterocycles. The topological polar surface area (TPSA) is 35.5 Å². The van der Waals surface area contributed by atoms with Crippen LogP contribution < -0.4 is 0 Å². The Bertz CT molecular complexity index is 536. The summed E-state index contributed by atoms with van der Waals surface area (Å²) in [6.45, 7) is 1.08. The molecule has 20 heavy (non-hydrogen) atoms. The average molecular weight is 270 g/mol. The molecule has 0 unspecified atom stereocenters. The molecule has 1 aromatic rings. The fourth-order valence-electron chi connectivity index (χ4n) is 3.89. The van der Waals surface area contributed by atoms with E-state index < -0.39 is 6.29 Å². The smallest absolute Gasteiger partial charge is 0.218 e. The first-order valence-corrected chi connectivity index (χ1v) is 7.32. The fraction of sp³-hybridized carbons (Fsp3) is 0.471. The van der Waals surface area contributed by atoms with Crippen molar-refractivity contribution in [3.8, 4) is 0 Å². The van der Waals surface area contributed by atoms with E-state index in [1.807, 2.05) is 30.3 Å². The van der Waals surface area contributed by atoms with Crippen LogP contribution in [0, 0.1) is 23.7 Å². The van der Waals surface area contributed by atoms with Crippen LogP contribution in [0.15, 0.2) is 42.5 Å². The van der Waals surface area contributed by atoms with E-state index in [9.17, 15) is 4.79 Å². The molecular formula is C17H18O3. The summed E-state index contributed by atoms with van der Waals surface area (Å²) in [6.07, 6.45) is 4.91. The maximum Gasteiger partial charge on any atom is 0.218 e. The zero-order valence-corrected chi connectivity index (χ0v) is 11.3. The summed E-state index contributed by atoms with van der Waals surface area (Å²) in [5, 5.41) is 0. The molecule has 3 aliphatic rings. The molecule has 1 heterocycles. The largest absolute Gasteiger partial charge is 0.346 e. The van der Waals surface area contributed by atoms with Crippen molar-refractivity contribution in [1.82, 2.24) is 0 Å². The molecule has 104 valence electrons. The van der Waals surface area contributed by atoms with Gasteiger partial charge in [-0.2, -0.15) is 0 Å². The van der Waals surface area contributed by atoms with Gasteiger partial charge in [-0.05, 0) is 29.7 Å². The van der Waals surface area contributed by atoms with Crippen molar-refractivity contribution in [3.05, 3.63) is 48.0 Å². The maximum atomic E-state index is 12.5. The van der Waals surface area contributed by atoms with Crippen molar-refractivity contribution < 1.29 is 14.3 Å². The van der Waals surface area contributed by atoms with Crippen molar-refractivity contribution in [2.24, 2.45) is 23.7 Å². The van der Waals surface area contributed by atoms with E-state index in [4.69, 9.17) is 9.47 Å². The molecule has 1 saturated carbocycles. The minimum Gasteiger partial charge on any atom is -0.346 e. The highest BCUT2D eigenvalue weighted by Gasteiger charge is 2.52. The molecular weight excluding hydrogens is 252 g/mol. The number of ether oxygens (including phenoxy) is 2. The third-order valence-electron chi connectivity index (χ3n) is 4.87. The van der Waals surface area contributed by atoms with Crippen LogP contribution in [0.3, 0.4) is 0 Å². The van der Waals surface area contributed by atoms with Crippen molar-refractivity contribution in [3.63, 3.8) is 0 Å². The predicted octanol–water partition coefficient (Wildman–Crippen LogP) is 2.57. The summed E-state index contributed by atoms with van der Waals surface area (Å²) < 4.78 is 11.4. The van der Waals surface area contributed by atoms with Gasteiger partial charge in [0.05, 0.1) is 13.2 Å². The van der Waals surface area contributed by atoms with Crippen LogP contribution in [-0.2, 0) is 20.9 Å². The van der Waals surface area contributed by atoms with Gasteiger partial charge in [0.1, 0.15) is 0 Å². The van der Waals surface area contributed by atoms with Gasteiger partial charge in [-0.3, -0.25) is 4.79 Å². The average Bonchev–Trinajstić information content (AvgIpc) is 3.09. The molecule has 0 spiro atoms. The van der Waals surface area contributed by atoms with Gasteiger partial charge in [-0.15, -0.1) is 0 Å². The number of rotatable bonds is 3. The van der Waals surface area contributed by atoms with Gasteiger partial charge >= 0.3 is 0 Å². The third kappa shape index (κ3) is 1.93. The van der Waals surface area contributed by atoms with Gasteiger partial charge in [0.25, 0.3) is 0 Å². The molecule has 5 atom stereocenters. The second kappa shape index (κ2) is 4.83. The predicted molar refractivity (Wildman–Crippen MR) is 73.7 cm³/mol. The third-order valence-corrected chi connectivity index (χ3v) is 4.87. The van der Waals surface area contributed by atoms with Crippen LogP contribution in [0.25, 0.3) is 0 Å². The number of fused-ring (bicyclic) bond motifs is 5. The van der Waals surface area contributed by atoms with E-state index in [1.165, 1.54) is 0 Å². The number of carbonyl (C=O) groups excluding carboxylic acids is 1. The van der Waals surface area contributed by atoms with E-state index in [0.717, 1.165) is 12.0 Å². The van der Waals surface area contributed by atoms with Crippen LogP contribution in [-0.4, -0.2) is 18.7 Å². The number of Topliss-reactive ketones (excluding diaryl/α,β-unsaturated/α-hetero) is 1. The Kier molecular flexibility index (Phi) is 2.97. The summed E-state index contributed by atoms with van der Waals surface area (Å²) >= 11 is 0. The molecule has 2 bridgehead atoms. The summed E-state index contributed by atoms with van der Waals surface area (Å²) in [4.78, 5) is 12.5. The molecule has 0 amide bonds. The molecule has 0 radical (unpaired) electrons. The lowest BCUT2D eigenvalue weighted by Crippen LogP contribution is -2.45. The minimum absolute atomic E-state index is 0.125. The van der Waals surface area contributed by atoms with E-state index in [2.05, 4.69) is 12.2 Å². The zero-order chi connectivity index (χ0) is 13.5. The first-order valence-electron chi connectivity index (χ1n) is 7.32. The molecule has 3 nitrogen and oxygen atoms in total. The van der Waals surface area contributed by atoms with Gasteiger partial charge in [0.15, 0.2) is 5.78 Å². The van der Waals surface area contributed by atoms with Gasteiger partial charge in [0.2, 0.25) is 6.29 Å². The Balaban J connectivity index is 1.43. The minimum atomic E-state index is -0.677. The molecule has 3 heteroatoms. The zero-order valence-electron chi connectivity index (χ0n) is 11.3. The number of ketones is 1. The fourth-order valence-corrected chi connectivity index (χ4v) is 3.89. The van der Waals surface area contributed by atoms with Crippen LogP contribution in [0.4, 0.5) is 0 Å². The van der Waals surface area contributed by atoms with Crippen LogP contribution in [0.5, 0.6) is 0 Å². The Hall–Kier alpha value is -1.45. The summed E-state index contributed by atoms with van der Waals surface area (Å²) in [7, 11) is 0. The number of hydrogen-bond donors (Lipinski definition) is 0. The molecule has 1 aliphatic heterocycles. The maximum absolute atomic E-state index is 12.5. The van der Waals surface area contributed by atoms with Crippen molar-refractivity contribution in [2.75, 3.05) is 6.61 Å². The lowest BCUT2D eigenvalue weighted by Gasteiger charge is -2.35. The lowest BCUT2D eigenvalue weighted by molar-refractivity contribution is -0.198. The molecule has 4 rings (SSSR count). The van der Waals surface area contributed by atoms with Crippen LogP contribution in [0.1, 0.15) is 12.0 Å². The number of benzene rings is 1. The molecule has 1 aromatic carbocycles. The lowest BCUT2D eigenvalue weighted by atomic mass is 9.79. The van der Waals surface area contributed by atoms with Gasteiger partial charge in [-0.25, -0.2) is 0 Å². The molecule has 0 N–H and O–H groups in total.